The van der Waals surface area contributed by atoms with Gasteiger partial charge in [0, 0.05) is 22.8 Å². The van der Waals surface area contributed by atoms with Gasteiger partial charge in [0.2, 0.25) is 10.0 Å². The highest BCUT2D eigenvalue weighted by atomic mass is 32.2. The molecule has 2 aromatic heterocycles. The highest BCUT2D eigenvalue weighted by Gasteiger charge is 2.24. The van der Waals surface area contributed by atoms with E-state index in [9.17, 15) is 12.8 Å². The molecule has 0 spiro atoms. The Kier molecular flexibility index (Phi) is 6.71. The lowest BCUT2D eigenvalue weighted by Crippen LogP contribution is -2.34. The maximum atomic E-state index is 13.0. The van der Waals surface area contributed by atoms with E-state index in [4.69, 9.17) is 4.98 Å². The lowest BCUT2D eigenvalue weighted by Gasteiger charge is -2.29. The third-order valence-corrected chi connectivity index (χ3v) is 8.61. The molecule has 1 aliphatic rings. The molecule has 2 heterocycles. The summed E-state index contributed by atoms with van der Waals surface area (Å²) in [5.41, 5.74) is 1.88. The summed E-state index contributed by atoms with van der Waals surface area (Å²) < 4.78 is 40.5. The largest absolute Gasteiger partial charge is 0.359 e. The Morgan fingerprint density at radius 1 is 1.10 bits per heavy atom. The maximum Gasteiger partial charge on any atom is 0.240 e. The summed E-state index contributed by atoms with van der Waals surface area (Å²) in [5.74, 6) is -0.158. The van der Waals surface area contributed by atoms with Gasteiger partial charge in [-0.05, 0) is 69.7 Å². The lowest BCUT2D eigenvalue weighted by atomic mass is 9.86. The topological polar surface area (TPSA) is 84.0 Å². The predicted octanol–water partition coefficient (Wildman–Crippen LogP) is 4.97. The normalized spacial score (nSPS) is 19.5. The summed E-state index contributed by atoms with van der Waals surface area (Å²) in [7, 11) is -3.61. The van der Waals surface area contributed by atoms with Crippen LogP contribution >= 0.6 is 22.7 Å². The van der Waals surface area contributed by atoms with E-state index in [-0.39, 0.29) is 4.90 Å². The monoisotopic (exact) mass is 480 g/mol. The van der Waals surface area contributed by atoms with E-state index in [1.807, 2.05) is 12.3 Å². The standard InChI is InChI=1S/C21H25FN4O2S3/c1-13-20(24-14(2)30-13)19-12-29-21(26-19)25-17-7-3-15(4-8-17)11-23-31(27,28)18-9-5-16(22)6-10-18/h5-6,9-10,12,15,17,23H,3-4,7-8,11H2,1-2H3,(H,25,26). The SMILES string of the molecule is Cc1nc(-c2csc(NC3CCC(CNS(=O)(=O)c4ccc(F)cc4)CC3)n2)c(C)s1. The Bertz CT molecular complexity index is 1130. The molecule has 0 unspecified atom stereocenters. The fourth-order valence-corrected chi connectivity index (χ4v) is 6.54. The fourth-order valence-electron chi connectivity index (χ4n) is 3.83. The average Bonchev–Trinajstić information content (AvgIpc) is 3.33. The second-order valence-electron chi connectivity index (χ2n) is 7.84. The molecule has 0 amide bonds. The molecule has 166 valence electrons. The number of benzene rings is 1. The first kappa shape index (κ1) is 22.3. The van der Waals surface area contributed by atoms with E-state index in [1.165, 1.54) is 17.0 Å². The predicted molar refractivity (Wildman–Crippen MR) is 124 cm³/mol. The van der Waals surface area contributed by atoms with Gasteiger partial charge in [0.25, 0.3) is 0 Å². The number of hydrogen-bond acceptors (Lipinski definition) is 7. The number of rotatable bonds is 7. The van der Waals surface area contributed by atoms with Crippen LogP contribution in [0.2, 0.25) is 0 Å². The fraction of sp³-hybridized carbons (Fsp3) is 0.429. The molecule has 4 rings (SSSR count). The Hall–Kier alpha value is -1.88. The molecule has 0 bridgehead atoms. The summed E-state index contributed by atoms with van der Waals surface area (Å²) in [6.07, 6.45) is 3.80. The Labute approximate surface area is 190 Å². The number of nitrogens with zero attached hydrogens (tertiary/aromatic N) is 2. The smallest absolute Gasteiger partial charge is 0.240 e. The van der Waals surface area contributed by atoms with Crippen LogP contribution in [0.5, 0.6) is 0 Å². The molecule has 6 nitrogen and oxygen atoms in total. The number of thiazole rings is 2. The summed E-state index contributed by atoms with van der Waals surface area (Å²) in [4.78, 5) is 10.6. The van der Waals surface area contributed by atoms with Crippen molar-refractivity contribution in [3.63, 3.8) is 0 Å². The second-order valence-corrected chi connectivity index (χ2v) is 11.9. The summed E-state index contributed by atoms with van der Waals surface area (Å²) in [5, 5.41) is 7.52. The minimum Gasteiger partial charge on any atom is -0.359 e. The van der Waals surface area contributed by atoms with Gasteiger partial charge in [0.1, 0.15) is 17.2 Å². The zero-order chi connectivity index (χ0) is 22.0. The van der Waals surface area contributed by atoms with Crippen LogP contribution in [-0.4, -0.2) is 31.0 Å². The molecular formula is C21H25FN4O2S3. The van der Waals surface area contributed by atoms with E-state index in [1.54, 1.807) is 22.7 Å². The summed E-state index contributed by atoms with van der Waals surface area (Å²) in [6, 6.07) is 5.23. The summed E-state index contributed by atoms with van der Waals surface area (Å²) in [6.45, 7) is 4.47. The molecule has 0 aliphatic heterocycles. The first-order chi connectivity index (χ1) is 14.8. The van der Waals surface area contributed by atoms with E-state index in [0.29, 0.717) is 18.5 Å². The zero-order valence-corrected chi connectivity index (χ0v) is 19.8. The number of aromatic nitrogens is 2. The minimum absolute atomic E-state index is 0.0920. The van der Waals surface area contributed by atoms with Crippen molar-refractivity contribution >= 4 is 37.8 Å². The highest BCUT2D eigenvalue weighted by molar-refractivity contribution is 7.89. The van der Waals surface area contributed by atoms with Crippen LogP contribution in [0.3, 0.4) is 0 Å². The molecular weight excluding hydrogens is 455 g/mol. The number of hydrogen-bond donors (Lipinski definition) is 2. The molecule has 0 radical (unpaired) electrons. The van der Waals surface area contributed by atoms with Crippen molar-refractivity contribution in [2.75, 3.05) is 11.9 Å². The van der Waals surface area contributed by atoms with Gasteiger partial charge in [-0.1, -0.05) is 0 Å². The first-order valence-electron chi connectivity index (χ1n) is 10.2. The number of sulfonamides is 1. The molecule has 31 heavy (non-hydrogen) atoms. The molecule has 10 heteroatoms. The van der Waals surface area contributed by atoms with Gasteiger partial charge in [-0.25, -0.2) is 27.5 Å². The Morgan fingerprint density at radius 2 is 1.81 bits per heavy atom. The molecule has 2 N–H and O–H groups in total. The molecule has 3 aromatic rings. The van der Waals surface area contributed by atoms with E-state index < -0.39 is 15.8 Å². The van der Waals surface area contributed by atoms with E-state index in [2.05, 4.69) is 21.9 Å². The van der Waals surface area contributed by atoms with Gasteiger partial charge in [-0.2, -0.15) is 0 Å². The summed E-state index contributed by atoms with van der Waals surface area (Å²) >= 11 is 3.28. The number of nitrogens with one attached hydrogen (secondary N) is 2. The second kappa shape index (κ2) is 9.32. The van der Waals surface area contributed by atoms with Gasteiger partial charge in [0.05, 0.1) is 9.90 Å². The van der Waals surface area contributed by atoms with Gasteiger partial charge in [-0.3, -0.25) is 0 Å². The Balaban J connectivity index is 1.26. The average molecular weight is 481 g/mol. The number of halogens is 1. The van der Waals surface area contributed by atoms with Gasteiger partial charge in [0.15, 0.2) is 5.13 Å². The zero-order valence-electron chi connectivity index (χ0n) is 17.4. The molecule has 1 aromatic carbocycles. The Morgan fingerprint density at radius 3 is 2.45 bits per heavy atom. The van der Waals surface area contributed by atoms with Crippen LogP contribution in [0.25, 0.3) is 11.4 Å². The van der Waals surface area contributed by atoms with Crippen molar-refractivity contribution < 1.29 is 12.8 Å². The molecule has 1 fully saturated rings. The minimum atomic E-state index is -3.61. The quantitative estimate of drug-likeness (QED) is 0.499. The number of anilines is 1. The van der Waals surface area contributed by atoms with Crippen LogP contribution in [0.4, 0.5) is 9.52 Å². The highest BCUT2D eigenvalue weighted by Crippen LogP contribution is 2.32. The van der Waals surface area contributed by atoms with E-state index >= 15 is 0 Å². The van der Waals surface area contributed by atoms with Gasteiger partial charge < -0.3 is 5.32 Å². The van der Waals surface area contributed by atoms with Crippen LogP contribution in [0.15, 0.2) is 34.5 Å². The molecule has 0 atom stereocenters. The van der Waals surface area contributed by atoms with Crippen LogP contribution in [0, 0.1) is 25.6 Å². The van der Waals surface area contributed by atoms with Crippen molar-refractivity contribution in [2.45, 2.75) is 50.5 Å². The van der Waals surface area contributed by atoms with Crippen LogP contribution < -0.4 is 10.0 Å². The lowest BCUT2D eigenvalue weighted by molar-refractivity contribution is 0.337. The van der Waals surface area contributed by atoms with Crippen molar-refractivity contribution in [1.82, 2.24) is 14.7 Å². The van der Waals surface area contributed by atoms with Crippen molar-refractivity contribution in [1.29, 1.82) is 0 Å². The first-order valence-corrected chi connectivity index (χ1v) is 13.4. The van der Waals surface area contributed by atoms with Gasteiger partial charge >= 0.3 is 0 Å². The number of aryl methyl sites for hydroxylation is 2. The third kappa shape index (κ3) is 5.49. The van der Waals surface area contributed by atoms with Crippen molar-refractivity contribution in [2.24, 2.45) is 5.92 Å². The van der Waals surface area contributed by atoms with Crippen LogP contribution in [-0.2, 0) is 10.0 Å². The molecule has 0 saturated heterocycles. The third-order valence-electron chi connectivity index (χ3n) is 5.51. The van der Waals surface area contributed by atoms with Crippen LogP contribution in [0.1, 0.15) is 35.6 Å². The maximum absolute atomic E-state index is 13.0. The molecule has 1 saturated carbocycles. The van der Waals surface area contributed by atoms with Crippen molar-refractivity contribution in [3.05, 3.63) is 45.3 Å². The van der Waals surface area contributed by atoms with E-state index in [0.717, 1.165) is 59.3 Å². The van der Waals surface area contributed by atoms with Crippen molar-refractivity contribution in [3.8, 4) is 11.4 Å². The molecule has 1 aliphatic carbocycles. The van der Waals surface area contributed by atoms with Gasteiger partial charge in [-0.15, -0.1) is 22.7 Å².